The number of hydrogen-bond acceptors (Lipinski definition) is 3. The van der Waals surface area contributed by atoms with E-state index in [4.69, 9.17) is 16.3 Å². The molecule has 2 fully saturated rings. The maximum absolute atomic E-state index is 12.7. The molecule has 0 radical (unpaired) electrons. The zero-order valence-corrected chi connectivity index (χ0v) is 15.4. The van der Waals surface area contributed by atoms with E-state index in [2.05, 4.69) is 5.32 Å². The van der Waals surface area contributed by atoms with Crippen molar-refractivity contribution in [2.24, 2.45) is 11.3 Å². The lowest BCUT2D eigenvalue weighted by atomic mass is 9.71. The van der Waals surface area contributed by atoms with E-state index in [1.165, 1.54) is 0 Å². The number of anilines is 1. The molecule has 2 saturated heterocycles. The van der Waals surface area contributed by atoms with Gasteiger partial charge in [0.2, 0.25) is 5.91 Å². The van der Waals surface area contributed by atoms with Crippen LogP contribution in [0.1, 0.15) is 12.8 Å². The van der Waals surface area contributed by atoms with Crippen LogP contribution in [0.5, 0.6) is 0 Å². The first-order valence-corrected chi connectivity index (χ1v) is 8.89. The van der Waals surface area contributed by atoms with E-state index in [1.807, 2.05) is 0 Å². The van der Waals surface area contributed by atoms with Gasteiger partial charge in [-0.15, -0.1) is 0 Å². The highest BCUT2D eigenvalue weighted by Crippen LogP contribution is 2.45. The van der Waals surface area contributed by atoms with Gasteiger partial charge in [0.25, 0.3) is 0 Å². The van der Waals surface area contributed by atoms with E-state index in [0.717, 1.165) is 12.8 Å². The number of nitrogens with zero attached hydrogens (tertiary/aromatic N) is 2. The number of benzene rings is 1. The Balaban J connectivity index is 1.76. The minimum absolute atomic E-state index is 0.0833. The van der Waals surface area contributed by atoms with Crippen molar-refractivity contribution in [3.8, 4) is 0 Å². The molecular formula is C18H24ClN3O3. The minimum Gasteiger partial charge on any atom is -0.381 e. The highest BCUT2D eigenvalue weighted by atomic mass is 35.5. The topological polar surface area (TPSA) is 61.9 Å². The number of rotatable bonds is 2. The lowest BCUT2D eigenvalue weighted by Crippen LogP contribution is -2.44. The number of amides is 3. The van der Waals surface area contributed by atoms with E-state index < -0.39 is 0 Å². The van der Waals surface area contributed by atoms with Crippen molar-refractivity contribution in [3.05, 3.63) is 29.3 Å². The highest BCUT2D eigenvalue weighted by molar-refractivity contribution is 6.30. The number of nitrogens with one attached hydrogen (secondary N) is 1. The molecule has 1 spiro atoms. The molecular weight excluding hydrogens is 342 g/mol. The van der Waals surface area contributed by atoms with Gasteiger partial charge in [-0.2, -0.15) is 0 Å². The van der Waals surface area contributed by atoms with Crippen LogP contribution in [-0.2, 0) is 9.53 Å². The molecule has 3 rings (SSSR count). The molecule has 2 heterocycles. The predicted molar refractivity (Wildman–Crippen MR) is 96.7 cm³/mol. The van der Waals surface area contributed by atoms with Crippen molar-refractivity contribution in [2.75, 3.05) is 45.7 Å². The first-order valence-electron chi connectivity index (χ1n) is 8.52. The normalized spacial score (nSPS) is 22.0. The van der Waals surface area contributed by atoms with Crippen LogP contribution in [0.25, 0.3) is 0 Å². The fourth-order valence-electron chi connectivity index (χ4n) is 3.83. The molecule has 1 unspecified atom stereocenters. The molecule has 1 aromatic carbocycles. The highest BCUT2D eigenvalue weighted by Gasteiger charge is 2.52. The number of hydrogen-bond donors (Lipinski definition) is 1. The van der Waals surface area contributed by atoms with Crippen LogP contribution in [0.2, 0.25) is 5.02 Å². The monoisotopic (exact) mass is 365 g/mol. The second kappa shape index (κ2) is 7.22. The van der Waals surface area contributed by atoms with Crippen LogP contribution in [-0.4, -0.2) is 62.1 Å². The van der Waals surface area contributed by atoms with Gasteiger partial charge in [-0.05, 0) is 31.0 Å². The van der Waals surface area contributed by atoms with Gasteiger partial charge >= 0.3 is 6.03 Å². The maximum atomic E-state index is 12.7. The molecule has 1 N–H and O–H groups in total. The summed E-state index contributed by atoms with van der Waals surface area (Å²) in [5, 5.41) is 3.45. The van der Waals surface area contributed by atoms with Crippen molar-refractivity contribution < 1.29 is 14.3 Å². The summed E-state index contributed by atoms with van der Waals surface area (Å²) in [5.74, 6) is -0.100. The number of carbonyl (C=O) groups is 2. The molecule has 1 aromatic rings. The van der Waals surface area contributed by atoms with Gasteiger partial charge in [0.05, 0.1) is 5.92 Å². The molecule has 7 heteroatoms. The van der Waals surface area contributed by atoms with Crippen LogP contribution in [0.15, 0.2) is 24.3 Å². The maximum Gasteiger partial charge on any atom is 0.321 e. The molecule has 2 aliphatic heterocycles. The second-order valence-corrected chi connectivity index (χ2v) is 7.52. The van der Waals surface area contributed by atoms with Crippen LogP contribution < -0.4 is 5.32 Å². The predicted octanol–water partition coefficient (Wildman–Crippen LogP) is 2.69. The SMILES string of the molecule is CN(C)C(=O)C1CN(C(=O)Nc2cccc(Cl)c2)CC12CCOCC2. The molecule has 1 atom stereocenters. The van der Waals surface area contributed by atoms with Gasteiger partial charge in [-0.1, -0.05) is 17.7 Å². The van der Waals surface area contributed by atoms with Crippen LogP contribution in [0.3, 0.4) is 0 Å². The summed E-state index contributed by atoms with van der Waals surface area (Å²) < 4.78 is 5.49. The number of urea groups is 1. The van der Waals surface area contributed by atoms with Gasteiger partial charge in [0, 0.05) is 56.5 Å². The lowest BCUT2D eigenvalue weighted by molar-refractivity contribution is -0.138. The van der Waals surface area contributed by atoms with Crippen LogP contribution >= 0.6 is 11.6 Å². The Hall–Kier alpha value is -1.79. The van der Waals surface area contributed by atoms with E-state index in [0.29, 0.717) is 37.0 Å². The second-order valence-electron chi connectivity index (χ2n) is 7.08. The molecule has 6 nitrogen and oxygen atoms in total. The van der Waals surface area contributed by atoms with Crippen molar-refractivity contribution in [1.82, 2.24) is 9.80 Å². The molecule has 136 valence electrons. The summed E-state index contributed by atoms with van der Waals surface area (Å²) in [6.07, 6.45) is 1.61. The third kappa shape index (κ3) is 3.75. The quantitative estimate of drug-likeness (QED) is 0.876. The number of ether oxygens (including phenoxy) is 1. The summed E-state index contributed by atoms with van der Waals surface area (Å²) >= 11 is 5.98. The van der Waals surface area contributed by atoms with Crippen molar-refractivity contribution in [1.29, 1.82) is 0 Å². The molecule has 0 aliphatic carbocycles. The molecule has 0 bridgehead atoms. The summed E-state index contributed by atoms with van der Waals surface area (Å²) in [7, 11) is 3.54. The zero-order valence-electron chi connectivity index (χ0n) is 14.6. The van der Waals surface area contributed by atoms with Gasteiger partial charge < -0.3 is 19.9 Å². The fraction of sp³-hybridized carbons (Fsp3) is 0.556. The summed E-state index contributed by atoms with van der Waals surface area (Å²) in [6.45, 7) is 2.29. The summed E-state index contributed by atoms with van der Waals surface area (Å²) in [6, 6.07) is 6.87. The van der Waals surface area contributed by atoms with Crippen LogP contribution in [0.4, 0.5) is 10.5 Å². The third-order valence-corrected chi connectivity index (χ3v) is 5.47. The lowest BCUT2D eigenvalue weighted by Gasteiger charge is -2.37. The number of likely N-dealkylation sites (tertiary alicyclic amines) is 1. The molecule has 0 aromatic heterocycles. The first-order chi connectivity index (χ1) is 11.9. The number of halogens is 1. The molecule has 25 heavy (non-hydrogen) atoms. The van der Waals surface area contributed by atoms with Gasteiger partial charge in [-0.25, -0.2) is 4.79 Å². The Morgan fingerprint density at radius 1 is 1.32 bits per heavy atom. The Kier molecular flexibility index (Phi) is 5.20. The Bertz CT molecular complexity index is 659. The molecule has 0 saturated carbocycles. The van der Waals surface area contributed by atoms with Crippen LogP contribution in [0, 0.1) is 11.3 Å². The van der Waals surface area contributed by atoms with Crippen molar-refractivity contribution in [3.63, 3.8) is 0 Å². The van der Waals surface area contributed by atoms with Gasteiger partial charge in [0.1, 0.15) is 0 Å². The summed E-state index contributed by atoms with van der Waals surface area (Å²) in [4.78, 5) is 28.8. The Labute approximate surface area is 153 Å². The minimum atomic E-state index is -0.192. The standard InChI is InChI=1S/C18H24ClN3O3/c1-21(2)16(23)15-11-22(12-18(15)6-8-25-9-7-18)17(24)20-14-5-3-4-13(19)10-14/h3-5,10,15H,6-9,11-12H2,1-2H3,(H,20,24). The summed E-state index contributed by atoms with van der Waals surface area (Å²) in [5.41, 5.74) is 0.464. The largest absolute Gasteiger partial charge is 0.381 e. The van der Waals surface area contributed by atoms with E-state index >= 15 is 0 Å². The fourth-order valence-corrected chi connectivity index (χ4v) is 4.02. The number of carbonyl (C=O) groups excluding carboxylic acids is 2. The smallest absolute Gasteiger partial charge is 0.321 e. The van der Waals surface area contributed by atoms with Gasteiger partial charge in [0.15, 0.2) is 0 Å². The average molecular weight is 366 g/mol. The molecule has 2 aliphatic rings. The Morgan fingerprint density at radius 2 is 2.04 bits per heavy atom. The van der Waals surface area contributed by atoms with Crippen molar-refractivity contribution in [2.45, 2.75) is 12.8 Å². The Morgan fingerprint density at radius 3 is 2.68 bits per heavy atom. The molecule has 3 amide bonds. The van der Waals surface area contributed by atoms with E-state index in [9.17, 15) is 9.59 Å². The van der Waals surface area contributed by atoms with E-state index in [-0.39, 0.29) is 23.3 Å². The first kappa shape index (κ1) is 18.0. The van der Waals surface area contributed by atoms with E-state index in [1.54, 1.807) is 48.2 Å². The third-order valence-electron chi connectivity index (χ3n) is 5.24. The van der Waals surface area contributed by atoms with Crippen molar-refractivity contribution >= 4 is 29.2 Å². The zero-order chi connectivity index (χ0) is 18.0. The van der Waals surface area contributed by atoms with Gasteiger partial charge in [-0.3, -0.25) is 4.79 Å². The average Bonchev–Trinajstić information content (AvgIpc) is 2.93.